The van der Waals surface area contributed by atoms with Crippen molar-refractivity contribution < 1.29 is 4.79 Å². The van der Waals surface area contributed by atoms with Gasteiger partial charge < -0.3 is 0 Å². The standard InChI is InChI=1S/C3H4AsO/c1-2-3(4)5/h1-2H,4H2. The second-order valence-electron chi connectivity index (χ2n) is 0.569. The van der Waals surface area contributed by atoms with Crippen molar-refractivity contribution in [3.63, 3.8) is 0 Å². The summed E-state index contributed by atoms with van der Waals surface area (Å²) in [5.74, 6) is 0. The van der Waals surface area contributed by atoms with Crippen molar-refractivity contribution >= 4 is 21.4 Å². The van der Waals surface area contributed by atoms with E-state index in [1.54, 1.807) is 0 Å². The van der Waals surface area contributed by atoms with Gasteiger partial charge in [0.05, 0.1) is 0 Å². The third-order valence-corrected chi connectivity index (χ3v) is 0.568. The Kier molecular flexibility index (Phi) is 2.21. The van der Waals surface area contributed by atoms with Crippen molar-refractivity contribution in [1.29, 1.82) is 0 Å². The van der Waals surface area contributed by atoms with Crippen molar-refractivity contribution in [2.45, 2.75) is 0 Å². The van der Waals surface area contributed by atoms with Crippen LogP contribution in [0, 0.1) is 6.58 Å². The number of hydrogen-bond acceptors (Lipinski definition) is 1. The van der Waals surface area contributed by atoms with E-state index < -0.39 is 0 Å². The molecule has 0 aromatic heterocycles. The summed E-state index contributed by atoms with van der Waals surface area (Å²) in [4.78, 5) is 9.66. The van der Waals surface area contributed by atoms with Crippen LogP contribution in [0.4, 0.5) is 0 Å². The summed E-state index contributed by atoms with van der Waals surface area (Å²) in [6, 6.07) is 0. The van der Waals surface area contributed by atoms with E-state index in [1.807, 2.05) is 0 Å². The van der Waals surface area contributed by atoms with Crippen molar-refractivity contribution in [2.24, 2.45) is 0 Å². The van der Waals surface area contributed by atoms with Gasteiger partial charge in [-0.15, -0.1) is 0 Å². The molecule has 2 heteroatoms. The van der Waals surface area contributed by atoms with Gasteiger partial charge in [-0.3, -0.25) is 0 Å². The van der Waals surface area contributed by atoms with E-state index in [-0.39, 0.29) is 4.57 Å². The molecule has 0 saturated heterocycles. The van der Waals surface area contributed by atoms with Crippen molar-refractivity contribution in [3.8, 4) is 0 Å². The average molecular weight is 131 g/mol. The zero-order valence-electron chi connectivity index (χ0n) is 2.64. The van der Waals surface area contributed by atoms with Crippen molar-refractivity contribution in [3.05, 3.63) is 12.7 Å². The number of carbonyl (C=O) groups excluding carboxylic acids is 1. The van der Waals surface area contributed by atoms with Crippen LogP contribution in [0.1, 0.15) is 0 Å². The minimum absolute atomic E-state index is 0.0301. The molecule has 0 heterocycles. The summed E-state index contributed by atoms with van der Waals surface area (Å²) < 4.78 is -0.0301. The molecule has 0 spiro atoms. The molecule has 1 unspecified atom stereocenters. The van der Waals surface area contributed by atoms with E-state index in [2.05, 4.69) is 0 Å². The second kappa shape index (κ2) is 2.22. The molecule has 1 radical (unpaired) electrons. The molecule has 5 heavy (non-hydrogen) atoms. The first-order chi connectivity index (χ1) is 2.27. The zero-order chi connectivity index (χ0) is 4.28. The molecule has 0 fully saturated rings. The molecule has 1 atom stereocenters. The molecule has 0 N–H and O–H groups in total. The van der Waals surface area contributed by atoms with E-state index >= 15 is 0 Å². The fourth-order valence-electron chi connectivity index (χ4n) is 0. The Morgan fingerprint density at radius 2 is 2.20 bits per heavy atom. The molecule has 0 aromatic carbocycles. The summed E-state index contributed by atoms with van der Waals surface area (Å²) in [5, 5.41) is 0. The Balaban J connectivity index is 3.20. The van der Waals surface area contributed by atoms with Crippen LogP contribution in [-0.4, -0.2) is 21.4 Å². The molecule has 0 bridgehead atoms. The monoisotopic (exact) mass is 131 g/mol. The van der Waals surface area contributed by atoms with Crippen LogP contribution in [0.25, 0.3) is 0 Å². The van der Waals surface area contributed by atoms with Crippen LogP contribution in [0.5, 0.6) is 0 Å². The first kappa shape index (κ1) is 4.97. The van der Waals surface area contributed by atoms with Gasteiger partial charge in [-0.25, -0.2) is 0 Å². The molecule has 0 aliphatic rings. The Bertz CT molecular complexity index is 57.9. The number of hydrogen-bond donors (Lipinski definition) is 0. The van der Waals surface area contributed by atoms with Crippen molar-refractivity contribution in [2.75, 3.05) is 0 Å². The van der Waals surface area contributed by atoms with Crippen LogP contribution in [0.3, 0.4) is 0 Å². The van der Waals surface area contributed by atoms with E-state index in [9.17, 15) is 4.79 Å². The van der Waals surface area contributed by atoms with Crippen LogP contribution in [0.2, 0.25) is 0 Å². The van der Waals surface area contributed by atoms with Crippen LogP contribution in [0.15, 0.2) is 6.08 Å². The molecule has 0 rings (SSSR count). The average Bonchev–Trinajstić information content (AvgIpc) is 1.38. The quantitative estimate of drug-likeness (QED) is 0.334. The SMILES string of the molecule is [CH]=CC(=O)[AsH2]. The van der Waals surface area contributed by atoms with Gasteiger partial charge in [0.15, 0.2) is 0 Å². The van der Waals surface area contributed by atoms with Crippen LogP contribution >= 0.6 is 0 Å². The molecule has 0 saturated carbocycles. The fourth-order valence-corrected chi connectivity index (χ4v) is 0. The molecular weight excluding hydrogens is 127 g/mol. The van der Waals surface area contributed by atoms with Gasteiger partial charge in [-0.1, -0.05) is 0 Å². The fraction of sp³-hybridized carbons (Fsp3) is 0. The van der Waals surface area contributed by atoms with Crippen LogP contribution < -0.4 is 0 Å². The maximum atomic E-state index is 9.66. The van der Waals surface area contributed by atoms with E-state index in [4.69, 9.17) is 6.58 Å². The number of allylic oxidation sites excluding steroid dienone is 1. The Labute approximate surface area is 39.6 Å². The normalized spacial score (nSPS) is 6.60. The van der Waals surface area contributed by atoms with Gasteiger partial charge in [0.1, 0.15) is 0 Å². The number of rotatable bonds is 1. The van der Waals surface area contributed by atoms with Gasteiger partial charge in [0.2, 0.25) is 0 Å². The summed E-state index contributed by atoms with van der Waals surface area (Å²) in [6.45, 7) is 4.71. The van der Waals surface area contributed by atoms with Gasteiger partial charge in [0, 0.05) is 0 Å². The molecule has 0 amide bonds. The molecular formula is C3H4AsO. The Hall–Kier alpha value is -0.0316. The summed E-state index contributed by atoms with van der Waals surface area (Å²) in [7, 11) is 0. The molecule has 0 aromatic rings. The predicted octanol–water partition coefficient (Wildman–Crippen LogP) is -0.865. The Morgan fingerprint density at radius 3 is 2.20 bits per heavy atom. The first-order valence-corrected chi connectivity index (χ1v) is 2.33. The summed E-state index contributed by atoms with van der Waals surface area (Å²) in [6.07, 6.45) is 1.06. The second-order valence-corrected chi connectivity index (χ2v) is 1.76. The minimum atomic E-state index is -0.0301. The topological polar surface area (TPSA) is 17.1 Å². The maximum absolute atomic E-state index is 9.66. The Morgan fingerprint density at radius 1 is 2.00 bits per heavy atom. The van der Waals surface area contributed by atoms with E-state index in [0.717, 1.165) is 22.9 Å². The third-order valence-electron chi connectivity index (χ3n) is 0.164. The molecule has 0 aliphatic heterocycles. The first-order valence-electron chi connectivity index (χ1n) is 1.11. The van der Waals surface area contributed by atoms with E-state index in [1.165, 1.54) is 0 Å². The van der Waals surface area contributed by atoms with Gasteiger partial charge in [0.25, 0.3) is 0 Å². The number of carbonyl (C=O) groups is 1. The van der Waals surface area contributed by atoms with E-state index in [0.29, 0.717) is 0 Å². The van der Waals surface area contributed by atoms with Crippen LogP contribution in [-0.2, 0) is 4.79 Å². The van der Waals surface area contributed by atoms with Crippen molar-refractivity contribution in [1.82, 2.24) is 0 Å². The molecule has 1 nitrogen and oxygen atoms in total. The van der Waals surface area contributed by atoms with Gasteiger partial charge in [-0.2, -0.15) is 0 Å². The zero-order valence-corrected chi connectivity index (χ0v) is 5.06. The third kappa shape index (κ3) is 3.97. The van der Waals surface area contributed by atoms with Gasteiger partial charge >= 0.3 is 38.9 Å². The molecule has 27 valence electrons. The predicted molar refractivity (Wildman–Crippen MR) is 22.4 cm³/mol. The summed E-state index contributed by atoms with van der Waals surface area (Å²) in [5.41, 5.74) is 0. The summed E-state index contributed by atoms with van der Waals surface area (Å²) >= 11 is 1.02. The van der Waals surface area contributed by atoms with Gasteiger partial charge in [-0.05, 0) is 0 Å². The molecule has 0 aliphatic carbocycles.